The molecule has 94 valence electrons. The number of hydrogen-bond acceptors (Lipinski definition) is 6. The molecule has 2 unspecified atom stereocenters. The van der Waals surface area contributed by atoms with Gasteiger partial charge in [0.25, 0.3) is 5.69 Å². The maximum Gasteiger partial charge on any atom is 0.276 e. The zero-order valence-corrected chi connectivity index (χ0v) is 10.4. The van der Waals surface area contributed by atoms with E-state index in [1.165, 1.54) is 12.1 Å². The van der Waals surface area contributed by atoms with Crippen LogP contribution in [-0.2, 0) is 10.8 Å². The molecule has 2 atom stereocenters. The molecule has 0 radical (unpaired) electrons. The average Bonchev–Trinajstić information content (AvgIpc) is 2.24. The molecule has 0 fully saturated rings. The van der Waals surface area contributed by atoms with Crippen molar-refractivity contribution in [2.24, 2.45) is 0 Å². The largest absolute Gasteiger partial charge is 0.383 e. The van der Waals surface area contributed by atoms with Gasteiger partial charge in [-0.1, -0.05) is 0 Å². The monoisotopic (exact) mass is 258 g/mol. The highest BCUT2D eigenvalue weighted by Crippen LogP contribution is 2.18. The molecule has 0 amide bonds. The van der Waals surface area contributed by atoms with E-state index in [1.807, 2.05) is 6.92 Å². The summed E-state index contributed by atoms with van der Waals surface area (Å²) in [6, 6.07) is 2.48. The van der Waals surface area contributed by atoms with Crippen molar-refractivity contribution in [3.63, 3.8) is 0 Å². The topological polar surface area (TPSA) is 111 Å². The number of nitrogen functional groups attached to an aromatic ring is 1. The second-order valence-electron chi connectivity index (χ2n) is 3.58. The fourth-order valence-electron chi connectivity index (χ4n) is 1.10. The Morgan fingerprint density at radius 1 is 1.65 bits per heavy atom. The van der Waals surface area contributed by atoms with Crippen LogP contribution in [0.3, 0.4) is 0 Å². The van der Waals surface area contributed by atoms with E-state index in [4.69, 9.17) is 5.73 Å². The predicted octanol–water partition coefficient (Wildman–Crippen LogP) is 0.751. The van der Waals surface area contributed by atoms with Gasteiger partial charge in [-0.2, -0.15) is 0 Å². The van der Waals surface area contributed by atoms with Gasteiger partial charge in [-0.3, -0.25) is 14.3 Å². The van der Waals surface area contributed by atoms with Crippen LogP contribution < -0.4 is 11.1 Å². The standard InChI is InChI=1S/C9H14N4O3S/c1-6(17(2)16)5-11-9-4-7(13(14)15)3-8(10)12-9/h3-4,6H,5H2,1-2H3,(H3,10,11,12). The summed E-state index contributed by atoms with van der Waals surface area (Å²) in [6.07, 6.45) is 1.60. The van der Waals surface area contributed by atoms with Crippen LogP contribution in [0.1, 0.15) is 6.92 Å². The molecule has 8 heteroatoms. The minimum Gasteiger partial charge on any atom is -0.383 e. The third-order valence-electron chi connectivity index (χ3n) is 2.18. The second kappa shape index (κ2) is 5.58. The third kappa shape index (κ3) is 3.99. The highest BCUT2D eigenvalue weighted by atomic mass is 32.2. The van der Waals surface area contributed by atoms with Crippen molar-refractivity contribution in [3.05, 3.63) is 22.2 Å². The Hall–Kier alpha value is -1.70. The Morgan fingerprint density at radius 3 is 2.82 bits per heavy atom. The molecular formula is C9H14N4O3S. The number of nitro groups is 1. The van der Waals surface area contributed by atoms with Crippen molar-refractivity contribution in [1.29, 1.82) is 0 Å². The summed E-state index contributed by atoms with van der Waals surface area (Å²) in [6.45, 7) is 2.22. The van der Waals surface area contributed by atoms with Crippen LogP contribution in [0.15, 0.2) is 12.1 Å². The van der Waals surface area contributed by atoms with E-state index < -0.39 is 15.7 Å². The molecule has 3 N–H and O–H groups in total. The first-order chi connectivity index (χ1) is 7.90. The minimum atomic E-state index is -0.959. The lowest BCUT2D eigenvalue weighted by molar-refractivity contribution is -0.384. The lowest BCUT2D eigenvalue weighted by Gasteiger charge is -2.10. The van der Waals surface area contributed by atoms with E-state index >= 15 is 0 Å². The smallest absolute Gasteiger partial charge is 0.276 e. The van der Waals surface area contributed by atoms with Gasteiger partial charge in [0.2, 0.25) is 0 Å². The van der Waals surface area contributed by atoms with E-state index in [0.717, 1.165) is 0 Å². The van der Waals surface area contributed by atoms with Crippen LogP contribution in [0.5, 0.6) is 0 Å². The number of pyridine rings is 1. The van der Waals surface area contributed by atoms with Gasteiger partial charge in [0.05, 0.1) is 17.1 Å². The number of nitrogens with one attached hydrogen (secondary N) is 1. The van der Waals surface area contributed by atoms with Gasteiger partial charge in [-0.05, 0) is 6.92 Å². The van der Waals surface area contributed by atoms with E-state index in [-0.39, 0.29) is 16.8 Å². The van der Waals surface area contributed by atoms with E-state index in [9.17, 15) is 14.3 Å². The molecule has 0 aliphatic heterocycles. The number of anilines is 2. The molecule has 0 aliphatic carbocycles. The molecule has 1 heterocycles. The van der Waals surface area contributed by atoms with Gasteiger partial charge in [-0.15, -0.1) is 0 Å². The maximum atomic E-state index is 11.1. The SMILES string of the molecule is CC(CNc1cc([N+](=O)[O-])cc(N)n1)S(C)=O. The molecule has 1 rings (SSSR count). The van der Waals surface area contributed by atoms with Crippen molar-refractivity contribution in [1.82, 2.24) is 4.98 Å². The summed E-state index contributed by atoms with van der Waals surface area (Å²) in [5.74, 6) is 0.390. The van der Waals surface area contributed by atoms with Crippen molar-refractivity contribution in [3.8, 4) is 0 Å². The van der Waals surface area contributed by atoms with Crippen molar-refractivity contribution in [2.45, 2.75) is 12.2 Å². The molecule has 17 heavy (non-hydrogen) atoms. The van der Waals surface area contributed by atoms with E-state index in [0.29, 0.717) is 12.4 Å². The van der Waals surface area contributed by atoms with E-state index in [1.54, 1.807) is 6.26 Å². The van der Waals surface area contributed by atoms with Crippen LogP contribution in [-0.4, -0.2) is 32.2 Å². The molecule has 0 aromatic carbocycles. The quantitative estimate of drug-likeness (QED) is 0.595. The third-order valence-corrected chi connectivity index (χ3v) is 3.48. The van der Waals surface area contributed by atoms with Gasteiger partial charge in [0, 0.05) is 28.9 Å². The van der Waals surface area contributed by atoms with Crippen molar-refractivity contribution < 1.29 is 9.13 Å². The van der Waals surface area contributed by atoms with Crippen LogP contribution in [0, 0.1) is 10.1 Å². The number of nitrogens with zero attached hydrogens (tertiary/aromatic N) is 2. The zero-order chi connectivity index (χ0) is 13.0. The summed E-state index contributed by atoms with van der Waals surface area (Å²) in [4.78, 5) is 14.0. The molecule has 0 bridgehead atoms. The summed E-state index contributed by atoms with van der Waals surface area (Å²) < 4.78 is 11.1. The summed E-state index contributed by atoms with van der Waals surface area (Å²) in [5, 5.41) is 13.4. The lowest BCUT2D eigenvalue weighted by Crippen LogP contribution is -2.21. The second-order valence-corrected chi connectivity index (χ2v) is 5.38. The Morgan fingerprint density at radius 2 is 2.29 bits per heavy atom. The average molecular weight is 258 g/mol. The first-order valence-electron chi connectivity index (χ1n) is 4.88. The van der Waals surface area contributed by atoms with Gasteiger partial charge in [0.1, 0.15) is 11.6 Å². The van der Waals surface area contributed by atoms with Crippen molar-refractivity contribution >= 4 is 28.1 Å². The zero-order valence-electron chi connectivity index (χ0n) is 9.54. The van der Waals surface area contributed by atoms with Gasteiger partial charge < -0.3 is 11.1 Å². The molecule has 0 spiro atoms. The first-order valence-corrected chi connectivity index (χ1v) is 6.50. The predicted molar refractivity (Wildman–Crippen MR) is 67.3 cm³/mol. The molecular weight excluding hydrogens is 244 g/mol. The lowest BCUT2D eigenvalue weighted by atomic mass is 10.3. The number of hydrogen-bond donors (Lipinski definition) is 2. The summed E-state index contributed by atoms with van der Waals surface area (Å²) >= 11 is 0. The molecule has 0 saturated heterocycles. The molecule has 0 saturated carbocycles. The van der Waals surface area contributed by atoms with Gasteiger partial charge in [-0.25, -0.2) is 4.98 Å². The fraction of sp³-hybridized carbons (Fsp3) is 0.444. The fourth-order valence-corrected chi connectivity index (χ4v) is 1.42. The molecule has 0 aliphatic rings. The summed E-state index contributed by atoms with van der Waals surface area (Å²) in [7, 11) is -0.959. The van der Waals surface area contributed by atoms with Crippen LogP contribution in [0.4, 0.5) is 17.3 Å². The highest BCUT2D eigenvalue weighted by molar-refractivity contribution is 7.84. The Balaban J connectivity index is 2.78. The Labute approximate surface area is 101 Å². The van der Waals surface area contributed by atoms with Crippen molar-refractivity contribution in [2.75, 3.05) is 23.9 Å². The van der Waals surface area contributed by atoms with Gasteiger partial charge in [0.15, 0.2) is 0 Å². The number of nitrogens with two attached hydrogens (primary N) is 1. The Kier molecular flexibility index (Phi) is 4.38. The van der Waals surface area contributed by atoms with Crippen LogP contribution in [0.2, 0.25) is 0 Å². The molecule has 1 aromatic heterocycles. The maximum absolute atomic E-state index is 11.1. The Bertz CT molecular complexity index is 452. The molecule has 1 aromatic rings. The normalized spacial score (nSPS) is 14.0. The highest BCUT2D eigenvalue weighted by Gasteiger charge is 2.11. The molecule has 7 nitrogen and oxygen atoms in total. The first kappa shape index (κ1) is 13.4. The van der Waals surface area contributed by atoms with Crippen LogP contribution >= 0.6 is 0 Å². The number of aromatic nitrogens is 1. The summed E-state index contributed by atoms with van der Waals surface area (Å²) in [5.41, 5.74) is 5.33. The van der Waals surface area contributed by atoms with Crippen LogP contribution in [0.25, 0.3) is 0 Å². The number of rotatable bonds is 5. The minimum absolute atomic E-state index is 0.0720. The van der Waals surface area contributed by atoms with E-state index in [2.05, 4.69) is 10.3 Å². The van der Waals surface area contributed by atoms with Gasteiger partial charge >= 0.3 is 0 Å².